The topological polar surface area (TPSA) is 72.2 Å². The van der Waals surface area contributed by atoms with Gasteiger partial charge in [0.05, 0.1) is 22.9 Å². The maximum absolute atomic E-state index is 12.5. The van der Waals surface area contributed by atoms with Crippen molar-refractivity contribution in [1.29, 1.82) is 0 Å². The molecule has 3 aromatic heterocycles. The number of nitrogens with one attached hydrogen (secondary N) is 1. The van der Waals surface area contributed by atoms with Crippen LogP contribution in [0, 0.1) is 6.92 Å². The summed E-state index contributed by atoms with van der Waals surface area (Å²) in [5.41, 5.74) is 6.36. The molecule has 0 spiro atoms. The van der Waals surface area contributed by atoms with Crippen LogP contribution in [0.2, 0.25) is 0 Å². The largest absolute Gasteiger partial charge is 0.321 e. The number of pyridine rings is 1. The predicted molar refractivity (Wildman–Crippen MR) is 113 cm³/mol. The molecule has 0 aliphatic carbocycles. The van der Waals surface area contributed by atoms with Crippen LogP contribution in [0.4, 0.5) is 5.69 Å². The third-order valence-corrected chi connectivity index (χ3v) is 4.80. The van der Waals surface area contributed by atoms with Gasteiger partial charge < -0.3 is 9.72 Å². The Kier molecular flexibility index (Phi) is 4.02. The molecule has 0 atom stereocenters. The van der Waals surface area contributed by atoms with E-state index >= 15 is 0 Å². The summed E-state index contributed by atoms with van der Waals surface area (Å²) in [6, 6.07) is 19.1. The van der Waals surface area contributed by atoms with Crippen molar-refractivity contribution in [2.24, 2.45) is 0 Å². The minimum atomic E-state index is -0.292. The number of hydrogen-bond acceptors (Lipinski definition) is 4. The summed E-state index contributed by atoms with van der Waals surface area (Å²) in [7, 11) is 0. The van der Waals surface area contributed by atoms with Gasteiger partial charge in [-0.1, -0.05) is 30.3 Å². The van der Waals surface area contributed by atoms with Crippen LogP contribution >= 0.6 is 0 Å². The Morgan fingerprint density at radius 3 is 2.52 bits per heavy atom. The van der Waals surface area contributed by atoms with Crippen LogP contribution in [-0.2, 0) is 0 Å². The molecule has 0 unspecified atom stereocenters. The van der Waals surface area contributed by atoms with Gasteiger partial charge >= 0.3 is 0 Å². The highest BCUT2D eigenvalue weighted by Gasteiger charge is 2.11. The molecule has 29 heavy (non-hydrogen) atoms. The molecule has 0 aliphatic heterocycles. The van der Waals surface area contributed by atoms with E-state index in [0.29, 0.717) is 11.2 Å². The average Bonchev–Trinajstić information content (AvgIpc) is 3.20. The number of imidazole rings is 1. The van der Waals surface area contributed by atoms with Crippen molar-refractivity contribution in [1.82, 2.24) is 19.4 Å². The van der Waals surface area contributed by atoms with E-state index in [4.69, 9.17) is 4.98 Å². The van der Waals surface area contributed by atoms with Gasteiger partial charge in [-0.05, 0) is 42.8 Å². The number of para-hydroxylation sites is 2. The van der Waals surface area contributed by atoms with Crippen LogP contribution in [0.25, 0.3) is 27.9 Å². The molecule has 0 bridgehead atoms. The van der Waals surface area contributed by atoms with E-state index in [1.807, 2.05) is 84.4 Å². The Morgan fingerprint density at radius 2 is 1.72 bits per heavy atom. The zero-order valence-corrected chi connectivity index (χ0v) is 15.7. The number of aromatic nitrogens is 4. The molecule has 0 aliphatic rings. The molecule has 3 heterocycles. The van der Waals surface area contributed by atoms with Crippen molar-refractivity contribution in [3.63, 3.8) is 0 Å². The van der Waals surface area contributed by atoms with Gasteiger partial charge in [-0.25, -0.2) is 9.97 Å². The first kappa shape index (κ1) is 17.1. The quantitative estimate of drug-likeness (QED) is 0.501. The molecule has 5 aromatic rings. The van der Waals surface area contributed by atoms with Gasteiger partial charge in [0.25, 0.3) is 5.91 Å². The standard InChI is InChI=1S/C23H17N5O/c1-15-5-4-12-28-14-21(27-22(15)28)16-8-10-17(11-9-16)25-23(29)20-13-24-18-6-2-3-7-19(18)26-20/h2-14H,1H3,(H,25,29). The van der Waals surface area contributed by atoms with Crippen molar-refractivity contribution >= 4 is 28.3 Å². The molecule has 5 rings (SSSR count). The summed E-state index contributed by atoms with van der Waals surface area (Å²) in [4.78, 5) is 25.9. The van der Waals surface area contributed by atoms with Gasteiger partial charge in [-0.15, -0.1) is 0 Å². The van der Waals surface area contributed by atoms with Crippen LogP contribution in [-0.4, -0.2) is 25.3 Å². The lowest BCUT2D eigenvalue weighted by Crippen LogP contribution is -2.14. The molecule has 1 N–H and O–H groups in total. The highest BCUT2D eigenvalue weighted by Crippen LogP contribution is 2.22. The minimum absolute atomic E-state index is 0.281. The number of aryl methyl sites for hydroxylation is 1. The number of benzene rings is 2. The average molecular weight is 379 g/mol. The first-order chi connectivity index (χ1) is 14.2. The van der Waals surface area contributed by atoms with E-state index in [2.05, 4.69) is 15.3 Å². The highest BCUT2D eigenvalue weighted by molar-refractivity contribution is 6.03. The smallest absolute Gasteiger partial charge is 0.275 e. The molecule has 0 saturated heterocycles. The normalized spacial score (nSPS) is 11.1. The number of nitrogens with zero attached hydrogens (tertiary/aromatic N) is 4. The zero-order chi connectivity index (χ0) is 19.8. The molecule has 0 radical (unpaired) electrons. The van der Waals surface area contributed by atoms with E-state index in [9.17, 15) is 4.79 Å². The number of amides is 1. The van der Waals surface area contributed by atoms with Crippen LogP contribution in [0.15, 0.2) is 79.3 Å². The summed E-state index contributed by atoms with van der Waals surface area (Å²) in [5, 5.41) is 2.87. The number of anilines is 1. The van der Waals surface area contributed by atoms with Gasteiger partial charge in [0.15, 0.2) is 0 Å². The summed E-state index contributed by atoms with van der Waals surface area (Å²) in [6.45, 7) is 2.04. The van der Waals surface area contributed by atoms with Crippen molar-refractivity contribution in [3.8, 4) is 11.3 Å². The first-order valence-electron chi connectivity index (χ1n) is 9.25. The number of carbonyl (C=O) groups excluding carboxylic acids is 1. The molecular weight excluding hydrogens is 362 g/mol. The summed E-state index contributed by atoms with van der Waals surface area (Å²) < 4.78 is 2.01. The van der Waals surface area contributed by atoms with Crippen LogP contribution in [0.1, 0.15) is 16.1 Å². The fourth-order valence-corrected chi connectivity index (χ4v) is 3.28. The Hall–Kier alpha value is -4.06. The van der Waals surface area contributed by atoms with E-state index in [-0.39, 0.29) is 11.6 Å². The second-order valence-electron chi connectivity index (χ2n) is 6.82. The Morgan fingerprint density at radius 1 is 0.931 bits per heavy atom. The summed E-state index contributed by atoms with van der Waals surface area (Å²) in [5.74, 6) is -0.292. The molecular formula is C23H17N5O. The molecule has 0 saturated carbocycles. The highest BCUT2D eigenvalue weighted by atomic mass is 16.1. The van der Waals surface area contributed by atoms with Crippen LogP contribution in [0.5, 0.6) is 0 Å². The van der Waals surface area contributed by atoms with E-state index < -0.39 is 0 Å². The number of hydrogen-bond donors (Lipinski definition) is 1. The molecule has 1 amide bonds. The monoisotopic (exact) mass is 379 g/mol. The van der Waals surface area contributed by atoms with Gasteiger partial charge in [0, 0.05) is 23.6 Å². The van der Waals surface area contributed by atoms with Crippen LogP contribution in [0.3, 0.4) is 0 Å². The Bertz CT molecular complexity index is 1360. The van der Waals surface area contributed by atoms with Crippen molar-refractivity contribution < 1.29 is 4.79 Å². The van der Waals surface area contributed by atoms with Crippen molar-refractivity contribution in [2.45, 2.75) is 6.92 Å². The zero-order valence-electron chi connectivity index (χ0n) is 15.7. The third kappa shape index (κ3) is 3.21. The summed E-state index contributed by atoms with van der Waals surface area (Å²) >= 11 is 0. The van der Waals surface area contributed by atoms with Gasteiger partial charge in [0.2, 0.25) is 0 Å². The van der Waals surface area contributed by atoms with Crippen molar-refractivity contribution in [2.75, 3.05) is 5.32 Å². The van der Waals surface area contributed by atoms with Crippen LogP contribution < -0.4 is 5.32 Å². The lowest BCUT2D eigenvalue weighted by molar-refractivity contribution is 0.102. The number of carbonyl (C=O) groups is 1. The van der Waals surface area contributed by atoms with Gasteiger partial charge in [0.1, 0.15) is 11.3 Å². The third-order valence-electron chi connectivity index (χ3n) is 4.80. The Balaban J connectivity index is 1.37. The van der Waals surface area contributed by atoms with Gasteiger partial charge in [-0.3, -0.25) is 9.78 Å². The molecule has 0 fully saturated rings. The maximum atomic E-state index is 12.5. The minimum Gasteiger partial charge on any atom is -0.321 e. The molecule has 140 valence electrons. The SMILES string of the molecule is Cc1cccn2cc(-c3ccc(NC(=O)c4cnc5ccccc5n4)cc3)nc12. The van der Waals surface area contributed by atoms with E-state index in [1.165, 1.54) is 6.20 Å². The van der Waals surface area contributed by atoms with Gasteiger partial charge in [-0.2, -0.15) is 0 Å². The lowest BCUT2D eigenvalue weighted by atomic mass is 10.1. The van der Waals surface area contributed by atoms with E-state index in [0.717, 1.165) is 28.0 Å². The number of fused-ring (bicyclic) bond motifs is 2. The fourth-order valence-electron chi connectivity index (χ4n) is 3.28. The lowest BCUT2D eigenvalue weighted by Gasteiger charge is -2.06. The fraction of sp³-hybridized carbons (Fsp3) is 0.0435. The summed E-state index contributed by atoms with van der Waals surface area (Å²) in [6.07, 6.45) is 5.48. The first-order valence-corrected chi connectivity index (χ1v) is 9.25. The molecule has 2 aromatic carbocycles. The second-order valence-corrected chi connectivity index (χ2v) is 6.82. The van der Waals surface area contributed by atoms with E-state index in [1.54, 1.807) is 0 Å². The predicted octanol–water partition coefficient (Wildman–Crippen LogP) is 4.51. The Labute approximate surface area is 166 Å². The molecule has 6 heteroatoms. The maximum Gasteiger partial charge on any atom is 0.275 e. The molecule has 6 nitrogen and oxygen atoms in total. The number of rotatable bonds is 3. The second kappa shape index (κ2) is 6.83. The van der Waals surface area contributed by atoms with Crippen molar-refractivity contribution in [3.05, 3.63) is 90.5 Å².